The summed E-state index contributed by atoms with van der Waals surface area (Å²) in [5, 5.41) is 9.79. The van der Waals surface area contributed by atoms with Crippen LogP contribution >= 0.6 is 27.3 Å². The third-order valence-corrected chi connectivity index (χ3v) is 4.43. The van der Waals surface area contributed by atoms with Crippen molar-refractivity contribution in [2.75, 3.05) is 0 Å². The number of benzene rings is 1. The first-order valence-electron chi connectivity index (χ1n) is 5.90. The van der Waals surface area contributed by atoms with Crippen molar-refractivity contribution in [3.8, 4) is 10.6 Å². The Bertz CT molecular complexity index is 676. The van der Waals surface area contributed by atoms with E-state index >= 15 is 0 Å². The number of aromatic nitrogens is 1. The van der Waals surface area contributed by atoms with Gasteiger partial charge in [-0.15, -0.1) is 11.3 Å². The molecule has 106 valence electrons. The standard InChI is InChI=1S/C14H13BrFNO2S/c1-14(2,3)11-10(13(18)19)20-12(17-11)7-4-5-8(15)9(16)6-7/h4-6H,1-3H3,(H,18,19). The fourth-order valence-electron chi connectivity index (χ4n) is 1.73. The van der Waals surface area contributed by atoms with Gasteiger partial charge in [0, 0.05) is 11.0 Å². The van der Waals surface area contributed by atoms with Gasteiger partial charge in [0.25, 0.3) is 0 Å². The zero-order valence-electron chi connectivity index (χ0n) is 11.2. The van der Waals surface area contributed by atoms with Crippen LogP contribution in [0.15, 0.2) is 22.7 Å². The maximum atomic E-state index is 13.6. The topological polar surface area (TPSA) is 50.2 Å². The van der Waals surface area contributed by atoms with E-state index in [0.717, 1.165) is 11.3 Å². The summed E-state index contributed by atoms with van der Waals surface area (Å²) in [5.41, 5.74) is 0.721. The van der Waals surface area contributed by atoms with Gasteiger partial charge in [-0.3, -0.25) is 0 Å². The molecule has 2 rings (SSSR count). The Hall–Kier alpha value is -1.27. The molecule has 20 heavy (non-hydrogen) atoms. The summed E-state index contributed by atoms with van der Waals surface area (Å²) in [7, 11) is 0. The van der Waals surface area contributed by atoms with E-state index in [1.165, 1.54) is 6.07 Å². The fraction of sp³-hybridized carbons (Fsp3) is 0.286. The number of carboxylic acids is 1. The number of aromatic carboxylic acids is 1. The van der Waals surface area contributed by atoms with Gasteiger partial charge < -0.3 is 5.11 Å². The van der Waals surface area contributed by atoms with Gasteiger partial charge in [0.05, 0.1) is 10.2 Å². The van der Waals surface area contributed by atoms with Gasteiger partial charge in [-0.05, 0) is 28.1 Å². The summed E-state index contributed by atoms with van der Waals surface area (Å²) in [6.45, 7) is 5.71. The molecule has 0 aliphatic carbocycles. The first kappa shape index (κ1) is 15.1. The number of thiazole rings is 1. The molecule has 1 N–H and O–H groups in total. The second kappa shape index (κ2) is 5.26. The molecule has 0 bridgehead atoms. The number of hydrogen-bond acceptors (Lipinski definition) is 3. The van der Waals surface area contributed by atoms with Crippen LogP contribution in [0.2, 0.25) is 0 Å². The van der Waals surface area contributed by atoms with Crippen molar-refractivity contribution in [3.05, 3.63) is 39.1 Å². The Kier molecular flexibility index (Phi) is 3.97. The summed E-state index contributed by atoms with van der Waals surface area (Å²) in [4.78, 5) is 15.9. The van der Waals surface area contributed by atoms with Crippen LogP contribution < -0.4 is 0 Å². The smallest absolute Gasteiger partial charge is 0.347 e. The highest BCUT2D eigenvalue weighted by atomic mass is 79.9. The molecule has 0 spiro atoms. The monoisotopic (exact) mass is 357 g/mol. The molecule has 0 saturated heterocycles. The number of halogens is 2. The second-order valence-corrected chi connectivity index (χ2v) is 7.23. The SMILES string of the molecule is CC(C)(C)c1nc(-c2ccc(Br)c(F)c2)sc1C(=O)O. The van der Waals surface area contributed by atoms with Crippen LogP contribution in [0.1, 0.15) is 36.1 Å². The summed E-state index contributed by atoms with van der Waals surface area (Å²) in [6.07, 6.45) is 0. The summed E-state index contributed by atoms with van der Waals surface area (Å²) in [5.74, 6) is -1.40. The van der Waals surface area contributed by atoms with Gasteiger partial charge in [0.15, 0.2) is 0 Å². The molecule has 1 heterocycles. The molecule has 0 radical (unpaired) electrons. The Morgan fingerprint density at radius 3 is 2.50 bits per heavy atom. The Balaban J connectivity index is 2.58. The third kappa shape index (κ3) is 2.91. The van der Waals surface area contributed by atoms with E-state index in [1.807, 2.05) is 20.8 Å². The molecule has 0 atom stereocenters. The average Bonchev–Trinajstić information content (AvgIpc) is 2.77. The molecule has 0 saturated carbocycles. The van der Waals surface area contributed by atoms with E-state index in [1.54, 1.807) is 12.1 Å². The zero-order chi connectivity index (χ0) is 15.1. The number of carboxylic acid groups (broad SMARTS) is 1. The van der Waals surface area contributed by atoms with Crippen molar-refractivity contribution >= 4 is 33.2 Å². The van der Waals surface area contributed by atoms with Crippen LogP contribution in [0.3, 0.4) is 0 Å². The lowest BCUT2D eigenvalue weighted by atomic mass is 9.91. The predicted molar refractivity (Wildman–Crippen MR) is 80.9 cm³/mol. The van der Waals surface area contributed by atoms with E-state index in [0.29, 0.717) is 20.7 Å². The van der Waals surface area contributed by atoms with Crippen LogP contribution in [-0.2, 0) is 5.41 Å². The van der Waals surface area contributed by atoms with E-state index in [2.05, 4.69) is 20.9 Å². The van der Waals surface area contributed by atoms with Gasteiger partial charge >= 0.3 is 5.97 Å². The maximum Gasteiger partial charge on any atom is 0.347 e. The van der Waals surface area contributed by atoms with Crippen LogP contribution in [0.5, 0.6) is 0 Å². The van der Waals surface area contributed by atoms with Gasteiger partial charge in [0.1, 0.15) is 15.7 Å². The molecule has 0 aliphatic heterocycles. The lowest BCUT2D eigenvalue weighted by Gasteiger charge is -2.16. The second-order valence-electron chi connectivity index (χ2n) is 5.38. The fourth-order valence-corrected chi connectivity index (χ4v) is 3.08. The van der Waals surface area contributed by atoms with Gasteiger partial charge in [-0.25, -0.2) is 14.2 Å². The lowest BCUT2D eigenvalue weighted by Crippen LogP contribution is -2.16. The van der Waals surface area contributed by atoms with Crippen LogP contribution in [-0.4, -0.2) is 16.1 Å². The van der Waals surface area contributed by atoms with E-state index < -0.39 is 11.8 Å². The number of nitrogens with zero attached hydrogens (tertiary/aromatic N) is 1. The number of hydrogen-bond donors (Lipinski definition) is 1. The summed E-state index contributed by atoms with van der Waals surface area (Å²) < 4.78 is 13.9. The number of rotatable bonds is 2. The molecule has 0 aliphatic rings. The molecule has 0 fully saturated rings. The van der Waals surface area contributed by atoms with Crippen LogP contribution in [0, 0.1) is 5.82 Å². The van der Waals surface area contributed by atoms with E-state index in [4.69, 9.17) is 0 Å². The first-order chi connectivity index (χ1) is 9.20. The molecular formula is C14H13BrFNO2S. The van der Waals surface area contributed by atoms with Crippen LogP contribution in [0.4, 0.5) is 4.39 Å². The van der Waals surface area contributed by atoms with E-state index in [9.17, 15) is 14.3 Å². The van der Waals surface area contributed by atoms with Crippen molar-refractivity contribution in [2.24, 2.45) is 0 Å². The number of carbonyl (C=O) groups is 1. The van der Waals surface area contributed by atoms with Crippen LogP contribution in [0.25, 0.3) is 10.6 Å². The van der Waals surface area contributed by atoms with Crippen molar-refractivity contribution in [2.45, 2.75) is 26.2 Å². The maximum absolute atomic E-state index is 13.6. The molecule has 2 aromatic rings. The van der Waals surface area contributed by atoms with Crippen molar-refractivity contribution < 1.29 is 14.3 Å². The summed E-state index contributed by atoms with van der Waals surface area (Å²) in [6, 6.07) is 4.65. The minimum atomic E-state index is -1.00. The molecule has 0 amide bonds. The van der Waals surface area contributed by atoms with Gasteiger partial charge in [0.2, 0.25) is 0 Å². The lowest BCUT2D eigenvalue weighted by molar-refractivity contribution is 0.0699. The Labute approximate surface area is 128 Å². The van der Waals surface area contributed by atoms with Gasteiger partial charge in [-0.2, -0.15) is 0 Å². The highest BCUT2D eigenvalue weighted by Gasteiger charge is 2.27. The Morgan fingerprint density at radius 1 is 1.40 bits per heavy atom. The third-order valence-electron chi connectivity index (χ3n) is 2.70. The average molecular weight is 358 g/mol. The van der Waals surface area contributed by atoms with Gasteiger partial charge in [-0.1, -0.05) is 26.8 Å². The van der Waals surface area contributed by atoms with Crippen molar-refractivity contribution in [3.63, 3.8) is 0 Å². The molecule has 0 unspecified atom stereocenters. The van der Waals surface area contributed by atoms with Crippen molar-refractivity contribution in [1.82, 2.24) is 4.98 Å². The summed E-state index contributed by atoms with van der Waals surface area (Å²) >= 11 is 4.16. The first-order valence-corrected chi connectivity index (χ1v) is 7.51. The normalized spacial score (nSPS) is 11.7. The molecule has 6 heteroatoms. The minimum absolute atomic E-state index is 0.204. The largest absolute Gasteiger partial charge is 0.477 e. The minimum Gasteiger partial charge on any atom is -0.477 e. The molecule has 3 nitrogen and oxygen atoms in total. The zero-order valence-corrected chi connectivity index (χ0v) is 13.6. The highest BCUT2D eigenvalue weighted by molar-refractivity contribution is 9.10. The molecule has 1 aromatic carbocycles. The van der Waals surface area contributed by atoms with E-state index in [-0.39, 0.29) is 10.3 Å². The molecule has 1 aromatic heterocycles. The quantitative estimate of drug-likeness (QED) is 0.846. The molecular weight excluding hydrogens is 345 g/mol. The predicted octanol–water partition coefficient (Wildman–Crippen LogP) is 4.71. The highest BCUT2D eigenvalue weighted by Crippen LogP contribution is 2.35. The van der Waals surface area contributed by atoms with Crippen molar-refractivity contribution in [1.29, 1.82) is 0 Å². The Morgan fingerprint density at radius 2 is 2.05 bits per heavy atom.